The summed E-state index contributed by atoms with van der Waals surface area (Å²) in [7, 11) is 0. The first-order valence-electron chi connectivity index (χ1n) is 11.1. The molecule has 0 radical (unpaired) electrons. The number of nitrogens with one attached hydrogen (secondary N) is 1. The second-order valence-corrected chi connectivity index (χ2v) is 10.4. The lowest BCUT2D eigenvalue weighted by Gasteiger charge is -2.17. The topological polar surface area (TPSA) is 102 Å². The highest BCUT2D eigenvalue weighted by Gasteiger charge is 2.19. The maximum atomic E-state index is 12.6. The first-order valence-corrected chi connectivity index (χ1v) is 12.3. The zero-order valence-electron chi connectivity index (χ0n) is 19.6. The highest BCUT2D eigenvalue weighted by molar-refractivity contribution is 7.80. The highest BCUT2D eigenvalue weighted by Crippen LogP contribution is 2.30. The lowest BCUT2D eigenvalue weighted by molar-refractivity contribution is 0.186. The Morgan fingerprint density at radius 2 is 1.97 bits per heavy atom. The summed E-state index contributed by atoms with van der Waals surface area (Å²) in [4.78, 5) is 0. The Kier molecular flexibility index (Phi) is 7.95. The summed E-state index contributed by atoms with van der Waals surface area (Å²) in [5.41, 5.74) is 2.88. The smallest absolute Gasteiger partial charge is 0.206 e. The number of aryl methyl sites for hydroxylation is 2. The molecule has 2 aromatic heterocycles. The second kappa shape index (κ2) is 10.5. The molecule has 2 atom stereocenters. The van der Waals surface area contributed by atoms with E-state index in [4.69, 9.17) is 14.0 Å². The van der Waals surface area contributed by atoms with Crippen LogP contribution in [0.5, 0.6) is 11.5 Å². The van der Waals surface area contributed by atoms with Gasteiger partial charge < -0.3 is 14.0 Å². The minimum absolute atomic E-state index is 0.00348. The molecule has 0 bridgehead atoms. The number of hydrogen-bond donors (Lipinski definition) is 2. The zero-order chi connectivity index (χ0) is 23.3. The van der Waals surface area contributed by atoms with E-state index in [1.54, 1.807) is 0 Å². The first-order chi connectivity index (χ1) is 15.2. The fourth-order valence-corrected chi connectivity index (χ4v) is 4.09. The molecular formula is C23H34N4O4S. The van der Waals surface area contributed by atoms with Crippen LogP contribution in [0, 0.1) is 6.92 Å². The van der Waals surface area contributed by atoms with E-state index in [0.29, 0.717) is 36.5 Å². The Morgan fingerprint density at radius 3 is 2.69 bits per heavy atom. The van der Waals surface area contributed by atoms with Crippen molar-refractivity contribution in [3.05, 3.63) is 41.3 Å². The number of benzene rings is 1. The van der Waals surface area contributed by atoms with Gasteiger partial charge in [-0.15, -0.1) is 10.2 Å². The molecule has 3 aromatic rings. The van der Waals surface area contributed by atoms with Crippen molar-refractivity contribution in [3.8, 4) is 11.5 Å². The van der Waals surface area contributed by atoms with Crippen LogP contribution < -0.4 is 8.92 Å². The molecule has 3 rings (SSSR count). The van der Waals surface area contributed by atoms with Crippen LogP contribution in [-0.4, -0.2) is 47.6 Å². The van der Waals surface area contributed by atoms with Crippen molar-refractivity contribution in [2.45, 2.75) is 71.8 Å². The molecule has 8 nitrogen and oxygen atoms in total. The standard InChI is InChI=1S/C23H34N4O4S/c1-16-10-11-18(30-17(2)8-6-12-28)19(14-16)31-32(29)13-7-9-21-24-25-22-15-20(23(3,4)5)26-27(21)22/h10-11,14-15,17,26,28H,6-9,12-13H2,1-5H3. The minimum atomic E-state index is -1.50. The second-order valence-electron chi connectivity index (χ2n) is 9.17. The molecule has 0 amide bonds. The number of nitrogens with zero attached hydrogens (tertiary/aromatic N) is 3. The van der Waals surface area contributed by atoms with Gasteiger partial charge >= 0.3 is 0 Å². The summed E-state index contributed by atoms with van der Waals surface area (Å²) < 4.78 is 26.2. The molecule has 2 unspecified atom stereocenters. The Morgan fingerprint density at radius 1 is 1.19 bits per heavy atom. The summed E-state index contributed by atoms with van der Waals surface area (Å²) >= 11 is -1.50. The Bertz CT molecular complexity index is 1050. The predicted octanol–water partition coefficient (Wildman–Crippen LogP) is 3.88. The van der Waals surface area contributed by atoms with Crippen LogP contribution in [0.1, 0.15) is 64.0 Å². The summed E-state index contributed by atoms with van der Waals surface area (Å²) in [5.74, 6) is 2.22. The van der Waals surface area contributed by atoms with Crippen LogP contribution in [0.2, 0.25) is 0 Å². The van der Waals surface area contributed by atoms with Crippen molar-refractivity contribution in [1.29, 1.82) is 0 Å². The summed E-state index contributed by atoms with van der Waals surface area (Å²) in [6, 6.07) is 7.62. The van der Waals surface area contributed by atoms with Gasteiger partial charge in [0.1, 0.15) is 0 Å². The monoisotopic (exact) mass is 462 g/mol. The average Bonchev–Trinajstić information content (AvgIpc) is 3.30. The number of ether oxygens (including phenoxy) is 1. The molecule has 9 heteroatoms. The lowest BCUT2D eigenvalue weighted by atomic mass is 9.93. The molecule has 2 N–H and O–H groups in total. The molecule has 0 saturated heterocycles. The number of H-pyrrole nitrogens is 1. The van der Waals surface area contributed by atoms with Crippen LogP contribution in [0.25, 0.3) is 5.65 Å². The fourth-order valence-electron chi connectivity index (χ4n) is 3.30. The van der Waals surface area contributed by atoms with Gasteiger partial charge in [0, 0.05) is 30.2 Å². The Labute approximate surface area is 192 Å². The van der Waals surface area contributed by atoms with E-state index in [9.17, 15) is 4.21 Å². The van der Waals surface area contributed by atoms with Crippen molar-refractivity contribution >= 4 is 16.7 Å². The van der Waals surface area contributed by atoms with Gasteiger partial charge in [-0.3, -0.25) is 5.10 Å². The van der Waals surface area contributed by atoms with Crippen LogP contribution in [0.4, 0.5) is 0 Å². The molecule has 0 spiro atoms. The van der Waals surface area contributed by atoms with Gasteiger partial charge in [0.2, 0.25) is 11.1 Å². The molecule has 2 heterocycles. The number of aliphatic hydroxyl groups excluding tert-OH is 1. The lowest BCUT2D eigenvalue weighted by Crippen LogP contribution is -2.14. The van der Waals surface area contributed by atoms with E-state index >= 15 is 0 Å². The molecule has 176 valence electrons. The third kappa shape index (κ3) is 6.32. The van der Waals surface area contributed by atoms with E-state index in [2.05, 4.69) is 36.1 Å². The molecule has 0 saturated carbocycles. The van der Waals surface area contributed by atoms with E-state index < -0.39 is 11.1 Å². The van der Waals surface area contributed by atoms with E-state index in [0.717, 1.165) is 29.1 Å². The van der Waals surface area contributed by atoms with Crippen LogP contribution in [0.3, 0.4) is 0 Å². The van der Waals surface area contributed by atoms with Gasteiger partial charge in [0.15, 0.2) is 23.0 Å². The van der Waals surface area contributed by atoms with Crippen LogP contribution in [0.15, 0.2) is 24.3 Å². The fraction of sp³-hybridized carbons (Fsp3) is 0.565. The highest BCUT2D eigenvalue weighted by atomic mass is 32.2. The first kappa shape index (κ1) is 24.3. The minimum Gasteiger partial charge on any atom is -0.487 e. The summed E-state index contributed by atoms with van der Waals surface area (Å²) in [6.07, 6.45) is 2.61. The van der Waals surface area contributed by atoms with Gasteiger partial charge in [-0.2, -0.15) is 0 Å². The molecule has 0 aliphatic carbocycles. The third-order valence-electron chi connectivity index (χ3n) is 5.16. The van der Waals surface area contributed by atoms with Crippen molar-refractivity contribution in [2.24, 2.45) is 0 Å². The number of rotatable bonds is 11. The number of aromatic nitrogens is 4. The van der Waals surface area contributed by atoms with Gasteiger partial charge in [-0.05, 0) is 50.8 Å². The third-order valence-corrected chi connectivity index (χ3v) is 6.15. The van der Waals surface area contributed by atoms with Gasteiger partial charge in [0.05, 0.1) is 11.9 Å². The normalized spacial score (nSPS) is 13.9. The molecule has 1 aromatic carbocycles. The van der Waals surface area contributed by atoms with Crippen molar-refractivity contribution in [1.82, 2.24) is 19.8 Å². The van der Waals surface area contributed by atoms with Crippen molar-refractivity contribution in [2.75, 3.05) is 12.4 Å². The molecule has 0 aliphatic rings. The average molecular weight is 463 g/mol. The van der Waals surface area contributed by atoms with E-state index in [-0.39, 0.29) is 18.1 Å². The SMILES string of the molecule is Cc1ccc(OC(C)CCCO)c(OS(=O)CCCc2nnc3cc(C(C)(C)C)[nH]n23)c1. The van der Waals surface area contributed by atoms with Crippen molar-refractivity contribution < 1.29 is 18.2 Å². The van der Waals surface area contributed by atoms with Gasteiger partial charge in [-0.25, -0.2) is 8.72 Å². The molecule has 0 aliphatic heterocycles. The van der Waals surface area contributed by atoms with Gasteiger partial charge in [-0.1, -0.05) is 26.8 Å². The number of aromatic amines is 1. The Hall–Kier alpha value is -2.39. The zero-order valence-corrected chi connectivity index (χ0v) is 20.4. The van der Waals surface area contributed by atoms with E-state index in [1.807, 2.05) is 42.6 Å². The number of aliphatic hydroxyl groups is 1. The van der Waals surface area contributed by atoms with Crippen molar-refractivity contribution in [3.63, 3.8) is 0 Å². The van der Waals surface area contributed by atoms with E-state index in [1.165, 1.54) is 0 Å². The number of fused-ring (bicyclic) bond motifs is 1. The summed E-state index contributed by atoms with van der Waals surface area (Å²) in [6.45, 7) is 10.5. The quantitative estimate of drug-likeness (QED) is 0.448. The maximum Gasteiger partial charge on any atom is 0.206 e. The van der Waals surface area contributed by atoms with Crippen LogP contribution >= 0.6 is 0 Å². The maximum absolute atomic E-state index is 12.6. The number of hydrogen-bond acceptors (Lipinski definition) is 6. The largest absolute Gasteiger partial charge is 0.487 e. The molecular weight excluding hydrogens is 428 g/mol. The Balaban J connectivity index is 1.58. The molecule has 0 fully saturated rings. The van der Waals surface area contributed by atoms with Crippen LogP contribution in [-0.2, 0) is 22.9 Å². The summed E-state index contributed by atoms with van der Waals surface area (Å²) in [5, 5.41) is 20.8. The molecule has 32 heavy (non-hydrogen) atoms. The van der Waals surface area contributed by atoms with Gasteiger partial charge in [0.25, 0.3) is 0 Å². The predicted molar refractivity (Wildman–Crippen MR) is 126 cm³/mol.